The largest absolute Gasteiger partial charge is 0.481 e. The second kappa shape index (κ2) is 8.18. The molecule has 1 aliphatic heterocycles. The van der Waals surface area contributed by atoms with Gasteiger partial charge < -0.3 is 15.3 Å². The number of carbonyl (C=O) groups is 2. The third kappa shape index (κ3) is 4.49. The number of rotatable bonds is 6. The van der Waals surface area contributed by atoms with Crippen LogP contribution in [0.4, 0.5) is 4.79 Å². The van der Waals surface area contributed by atoms with Gasteiger partial charge in [0.15, 0.2) is 0 Å². The minimum atomic E-state index is -0.822. The molecular weight excluding hydrogens is 304 g/mol. The van der Waals surface area contributed by atoms with E-state index in [-0.39, 0.29) is 18.0 Å². The van der Waals surface area contributed by atoms with Crippen molar-refractivity contribution < 1.29 is 14.7 Å². The average molecular weight is 332 g/mol. The number of aryl methyl sites for hydroxylation is 1. The zero-order valence-electron chi connectivity index (χ0n) is 14.8. The van der Waals surface area contributed by atoms with E-state index in [1.165, 1.54) is 5.56 Å². The van der Waals surface area contributed by atoms with Crippen molar-refractivity contribution in [3.05, 3.63) is 35.4 Å². The smallest absolute Gasteiger partial charge is 0.317 e. The fourth-order valence-electron chi connectivity index (χ4n) is 3.19. The Kier molecular flexibility index (Phi) is 6.23. The van der Waals surface area contributed by atoms with Gasteiger partial charge in [-0.15, -0.1) is 0 Å². The van der Waals surface area contributed by atoms with Crippen LogP contribution < -0.4 is 5.32 Å². The summed E-state index contributed by atoms with van der Waals surface area (Å²) in [6.07, 6.45) is 2.70. The quantitative estimate of drug-likeness (QED) is 0.838. The van der Waals surface area contributed by atoms with Gasteiger partial charge in [-0.3, -0.25) is 4.79 Å². The number of carboxylic acids is 1. The predicted octanol–water partition coefficient (Wildman–Crippen LogP) is 3.45. The third-order valence-electron chi connectivity index (χ3n) is 4.65. The molecule has 5 heteroatoms. The molecule has 2 N–H and O–H groups in total. The fraction of sp³-hybridized carbons (Fsp3) is 0.579. The van der Waals surface area contributed by atoms with E-state index in [1.807, 2.05) is 0 Å². The minimum Gasteiger partial charge on any atom is -0.481 e. The van der Waals surface area contributed by atoms with Crippen molar-refractivity contribution in [2.24, 2.45) is 11.8 Å². The molecule has 1 aromatic rings. The number of urea groups is 1. The van der Waals surface area contributed by atoms with Gasteiger partial charge in [0.25, 0.3) is 0 Å². The van der Waals surface area contributed by atoms with Gasteiger partial charge in [0.2, 0.25) is 0 Å². The van der Waals surface area contributed by atoms with Crippen molar-refractivity contribution in [2.75, 3.05) is 13.1 Å². The van der Waals surface area contributed by atoms with Crippen molar-refractivity contribution in [1.82, 2.24) is 10.2 Å². The monoisotopic (exact) mass is 332 g/mol. The van der Waals surface area contributed by atoms with Crippen LogP contribution in [0.1, 0.15) is 50.8 Å². The second-order valence-corrected chi connectivity index (χ2v) is 6.93. The van der Waals surface area contributed by atoms with Gasteiger partial charge in [-0.1, -0.05) is 51.5 Å². The van der Waals surface area contributed by atoms with Crippen molar-refractivity contribution >= 4 is 12.0 Å². The van der Waals surface area contributed by atoms with Crippen LogP contribution >= 0.6 is 0 Å². The summed E-state index contributed by atoms with van der Waals surface area (Å²) < 4.78 is 0. The molecule has 0 aliphatic carbocycles. The maximum atomic E-state index is 12.5. The number of amides is 2. The number of benzene rings is 1. The number of hydrogen-bond acceptors (Lipinski definition) is 2. The number of aliphatic carboxylic acids is 1. The number of nitrogens with one attached hydrogen (secondary N) is 1. The van der Waals surface area contributed by atoms with Gasteiger partial charge >= 0.3 is 12.0 Å². The van der Waals surface area contributed by atoms with Crippen LogP contribution in [0.15, 0.2) is 24.3 Å². The summed E-state index contributed by atoms with van der Waals surface area (Å²) in [6.45, 7) is 7.11. The van der Waals surface area contributed by atoms with Gasteiger partial charge in [0, 0.05) is 13.1 Å². The Morgan fingerprint density at radius 3 is 2.46 bits per heavy atom. The van der Waals surface area contributed by atoms with E-state index in [1.54, 1.807) is 4.90 Å². The van der Waals surface area contributed by atoms with E-state index >= 15 is 0 Å². The van der Waals surface area contributed by atoms with Crippen LogP contribution in [-0.2, 0) is 11.2 Å². The Bertz CT molecular complexity index is 568. The maximum absolute atomic E-state index is 12.5. The number of likely N-dealkylation sites (tertiary alicyclic amines) is 1. The highest BCUT2D eigenvalue weighted by Gasteiger charge is 2.32. The van der Waals surface area contributed by atoms with Crippen LogP contribution in [0, 0.1) is 11.8 Å². The molecule has 0 radical (unpaired) electrons. The Hall–Kier alpha value is -2.04. The summed E-state index contributed by atoms with van der Waals surface area (Å²) in [7, 11) is 0. The van der Waals surface area contributed by atoms with Crippen LogP contribution in [0.3, 0.4) is 0 Å². The normalized spacial score (nSPS) is 18.7. The van der Waals surface area contributed by atoms with Crippen LogP contribution in [0.5, 0.6) is 0 Å². The molecular formula is C19H28N2O3. The molecule has 132 valence electrons. The van der Waals surface area contributed by atoms with Crippen LogP contribution in [0.25, 0.3) is 0 Å². The molecule has 2 unspecified atom stereocenters. The summed E-state index contributed by atoms with van der Waals surface area (Å²) in [4.78, 5) is 25.2. The molecule has 0 aromatic heterocycles. The van der Waals surface area contributed by atoms with E-state index in [0.717, 1.165) is 18.4 Å². The van der Waals surface area contributed by atoms with Gasteiger partial charge in [-0.25, -0.2) is 4.79 Å². The molecule has 2 rings (SSSR count). The lowest BCUT2D eigenvalue weighted by atomic mass is 9.95. The maximum Gasteiger partial charge on any atom is 0.317 e. The predicted molar refractivity (Wildman–Crippen MR) is 93.9 cm³/mol. The number of carbonyl (C=O) groups excluding carboxylic acids is 1. The van der Waals surface area contributed by atoms with Gasteiger partial charge in [0.1, 0.15) is 0 Å². The summed E-state index contributed by atoms with van der Waals surface area (Å²) in [5.41, 5.74) is 2.39. The molecule has 1 aromatic carbocycles. The van der Waals surface area contributed by atoms with Gasteiger partial charge in [0.05, 0.1) is 12.0 Å². The molecule has 2 atom stereocenters. The van der Waals surface area contributed by atoms with E-state index in [2.05, 4.69) is 50.4 Å². The van der Waals surface area contributed by atoms with Gasteiger partial charge in [-0.05, 0) is 29.9 Å². The minimum absolute atomic E-state index is 0.0722. The standard InChI is InChI=1S/C19H28N2O3/c1-4-5-14-6-8-15(9-7-14)17(13(2)3)20-19(24)21-11-10-16(12-21)18(22)23/h6-9,13,16-17H,4-5,10-12H2,1-3H3,(H,20,24)(H,22,23). The van der Waals surface area contributed by atoms with Crippen LogP contribution in [-0.4, -0.2) is 35.1 Å². The highest BCUT2D eigenvalue weighted by atomic mass is 16.4. The summed E-state index contributed by atoms with van der Waals surface area (Å²) >= 11 is 0. The van der Waals surface area contributed by atoms with E-state index in [4.69, 9.17) is 5.11 Å². The first-order valence-electron chi connectivity index (χ1n) is 8.79. The van der Waals surface area contributed by atoms with E-state index in [0.29, 0.717) is 19.5 Å². The van der Waals surface area contributed by atoms with Crippen molar-refractivity contribution in [3.63, 3.8) is 0 Å². The first-order chi connectivity index (χ1) is 11.4. The lowest BCUT2D eigenvalue weighted by molar-refractivity contribution is -0.141. The summed E-state index contributed by atoms with van der Waals surface area (Å²) in [5, 5.41) is 12.2. The SMILES string of the molecule is CCCc1ccc(C(NC(=O)N2CCC(C(=O)O)C2)C(C)C)cc1. The molecule has 2 amide bonds. The van der Waals surface area contributed by atoms with E-state index in [9.17, 15) is 9.59 Å². The molecule has 1 fully saturated rings. The number of nitrogens with zero attached hydrogens (tertiary/aromatic N) is 1. The molecule has 5 nitrogen and oxygen atoms in total. The molecule has 1 aliphatic rings. The first kappa shape index (κ1) is 18.3. The first-order valence-corrected chi connectivity index (χ1v) is 8.79. The summed E-state index contributed by atoms with van der Waals surface area (Å²) in [6, 6.07) is 8.17. The topological polar surface area (TPSA) is 69.6 Å². The van der Waals surface area contributed by atoms with Crippen LogP contribution in [0.2, 0.25) is 0 Å². The Morgan fingerprint density at radius 2 is 1.96 bits per heavy atom. The number of hydrogen-bond donors (Lipinski definition) is 2. The molecule has 1 saturated heterocycles. The zero-order chi connectivity index (χ0) is 17.7. The lowest BCUT2D eigenvalue weighted by Gasteiger charge is -2.26. The molecule has 24 heavy (non-hydrogen) atoms. The highest BCUT2D eigenvalue weighted by Crippen LogP contribution is 2.24. The van der Waals surface area contributed by atoms with E-state index < -0.39 is 11.9 Å². The highest BCUT2D eigenvalue weighted by molar-refractivity contribution is 5.77. The third-order valence-corrected chi connectivity index (χ3v) is 4.65. The van der Waals surface area contributed by atoms with Gasteiger partial charge in [-0.2, -0.15) is 0 Å². The Labute approximate surface area is 144 Å². The zero-order valence-corrected chi connectivity index (χ0v) is 14.8. The molecule has 0 saturated carbocycles. The number of carboxylic acid groups (broad SMARTS) is 1. The molecule has 0 spiro atoms. The average Bonchev–Trinajstić information content (AvgIpc) is 3.04. The van der Waals surface area contributed by atoms with Crippen molar-refractivity contribution in [3.8, 4) is 0 Å². The molecule has 1 heterocycles. The Morgan fingerprint density at radius 1 is 1.29 bits per heavy atom. The second-order valence-electron chi connectivity index (χ2n) is 6.93. The lowest BCUT2D eigenvalue weighted by Crippen LogP contribution is -2.42. The molecule has 0 bridgehead atoms. The summed E-state index contributed by atoms with van der Waals surface area (Å²) in [5.74, 6) is -1.01. The fourth-order valence-corrected chi connectivity index (χ4v) is 3.19. The van der Waals surface area contributed by atoms with Crippen molar-refractivity contribution in [1.29, 1.82) is 0 Å². The Balaban J connectivity index is 2.03. The van der Waals surface area contributed by atoms with Crippen molar-refractivity contribution in [2.45, 2.75) is 46.1 Å².